The highest BCUT2D eigenvalue weighted by molar-refractivity contribution is 6.00. The SMILES string of the molecule is CC(N)C(C)C(=O)N(C)C1CCCN(c2ccccc2)C1=O.Cl. The Morgan fingerprint density at radius 2 is 1.91 bits per heavy atom. The number of amides is 2. The van der Waals surface area contributed by atoms with Gasteiger partial charge in [0.2, 0.25) is 11.8 Å². The van der Waals surface area contributed by atoms with Crippen LogP contribution in [0.3, 0.4) is 0 Å². The molecule has 3 unspecified atom stereocenters. The monoisotopic (exact) mass is 339 g/mol. The van der Waals surface area contributed by atoms with Gasteiger partial charge in [-0.2, -0.15) is 0 Å². The van der Waals surface area contributed by atoms with Crippen LogP contribution in [0.15, 0.2) is 30.3 Å². The van der Waals surface area contributed by atoms with Crippen molar-refractivity contribution in [3.63, 3.8) is 0 Å². The number of benzene rings is 1. The fraction of sp³-hybridized carbons (Fsp3) is 0.529. The van der Waals surface area contributed by atoms with Crippen molar-refractivity contribution in [2.45, 2.75) is 38.8 Å². The number of likely N-dealkylation sites (N-methyl/N-ethyl adjacent to an activating group) is 1. The van der Waals surface area contributed by atoms with E-state index in [1.54, 1.807) is 16.8 Å². The number of para-hydroxylation sites is 1. The molecular weight excluding hydrogens is 314 g/mol. The van der Waals surface area contributed by atoms with Crippen molar-refractivity contribution < 1.29 is 9.59 Å². The molecule has 3 atom stereocenters. The second kappa shape index (κ2) is 8.31. The van der Waals surface area contributed by atoms with Crippen molar-refractivity contribution in [2.75, 3.05) is 18.5 Å². The fourth-order valence-corrected chi connectivity index (χ4v) is 2.78. The minimum Gasteiger partial charge on any atom is -0.333 e. The first kappa shape index (κ1) is 19.5. The molecule has 2 rings (SSSR count). The first-order chi connectivity index (χ1) is 10.4. The molecule has 0 aromatic heterocycles. The largest absolute Gasteiger partial charge is 0.333 e. The van der Waals surface area contributed by atoms with Gasteiger partial charge in [-0.05, 0) is 31.9 Å². The van der Waals surface area contributed by atoms with Crippen LogP contribution < -0.4 is 10.6 Å². The van der Waals surface area contributed by atoms with Crippen molar-refractivity contribution in [1.82, 2.24) is 4.90 Å². The van der Waals surface area contributed by atoms with Gasteiger partial charge in [0.15, 0.2) is 0 Å². The Hall–Kier alpha value is -1.59. The third kappa shape index (κ3) is 4.24. The molecule has 2 N–H and O–H groups in total. The van der Waals surface area contributed by atoms with E-state index in [2.05, 4.69) is 0 Å². The Labute approximate surface area is 144 Å². The summed E-state index contributed by atoms with van der Waals surface area (Å²) in [7, 11) is 1.71. The number of anilines is 1. The number of nitrogens with two attached hydrogens (primary N) is 1. The van der Waals surface area contributed by atoms with E-state index in [4.69, 9.17) is 5.73 Å². The van der Waals surface area contributed by atoms with Crippen LogP contribution in [0.25, 0.3) is 0 Å². The lowest BCUT2D eigenvalue weighted by Gasteiger charge is -2.38. The summed E-state index contributed by atoms with van der Waals surface area (Å²) in [5, 5.41) is 0. The van der Waals surface area contributed by atoms with Crippen molar-refractivity contribution in [2.24, 2.45) is 11.7 Å². The lowest BCUT2D eigenvalue weighted by molar-refractivity contribution is -0.142. The van der Waals surface area contributed by atoms with Gasteiger partial charge in [-0.3, -0.25) is 9.59 Å². The zero-order valence-electron chi connectivity index (χ0n) is 13.9. The standard InChI is InChI=1S/C17H25N3O2.ClH/c1-12(13(2)18)16(21)19(3)15-10-7-11-20(17(15)22)14-8-5-4-6-9-14;/h4-6,8-9,12-13,15H,7,10-11,18H2,1-3H3;1H. The normalized spacial score (nSPS) is 20.4. The molecule has 1 saturated heterocycles. The highest BCUT2D eigenvalue weighted by Crippen LogP contribution is 2.24. The molecule has 1 fully saturated rings. The smallest absolute Gasteiger partial charge is 0.249 e. The van der Waals surface area contributed by atoms with Crippen LogP contribution in [-0.4, -0.2) is 42.4 Å². The summed E-state index contributed by atoms with van der Waals surface area (Å²) in [4.78, 5) is 28.6. The third-order valence-corrected chi connectivity index (χ3v) is 4.47. The summed E-state index contributed by atoms with van der Waals surface area (Å²) >= 11 is 0. The van der Waals surface area contributed by atoms with Crippen LogP contribution in [0, 0.1) is 5.92 Å². The summed E-state index contributed by atoms with van der Waals surface area (Å²) in [6.45, 7) is 4.32. The first-order valence-electron chi connectivity index (χ1n) is 7.82. The van der Waals surface area contributed by atoms with Crippen LogP contribution in [0.4, 0.5) is 5.69 Å². The summed E-state index contributed by atoms with van der Waals surface area (Å²) < 4.78 is 0. The van der Waals surface area contributed by atoms with Gasteiger partial charge in [-0.25, -0.2) is 0 Å². The van der Waals surface area contributed by atoms with Gasteiger partial charge in [0.05, 0.1) is 5.92 Å². The predicted molar refractivity (Wildman–Crippen MR) is 94.6 cm³/mol. The van der Waals surface area contributed by atoms with Crippen molar-refractivity contribution >= 4 is 29.9 Å². The van der Waals surface area contributed by atoms with Gasteiger partial charge in [0.1, 0.15) is 6.04 Å². The van der Waals surface area contributed by atoms with Crippen LogP contribution >= 0.6 is 12.4 Å². The second-order valence-corrected chi connectivity index (χ2v) is 6.08. The molecule has 1 aliphatic heterocycles. The van der Waals surface area contributed by atoms with Gasteiger partial charge in [-0.15, -0.1) is 12.4 Å². The predicted octanol–water partition coefficient (Wildman–Crippen LogP) is 2.05. The molecule has 2 amide bonds. The van der Waals surface area contributed by atoms with Gasteiger partial charge >= 0.3 is 0 Å². The van der Waals surface area contributed by atoms with E-state index in [1.807, 2.05) is 44.2 Å². The average molecular weight is 340 g/mol. The van der Waals surface area contributed by atoms with Gasteiger partial charge in [0.25, 0.3) is 0 Å². The van der Waals surface area contributed by atoms with E-state index in [-0.39, 0.29) is 36.2 Å². The lowest BCUT2D eigenvalue weighted by Crippen LogP contribution is -2.55. The molecule has 1 aromatic carbocycles. The Bertz CT molecular complexity index is 536. The third-order valence-electron chi connectivity index (χ3n) is 4.47. The number of hydrogen-bond acceptors (Lipinski definition) is 3. The number of piperidine rings is 1. The molecule has 1 aromatic rings. The van der Waals surface area contributed by atoms with E-state index < -0.39 is 6.04 Å². The molecule has 0 saturated carbocycles. The molecule has 0 bridgehead atoms. The quantitative estimate of drug-likeness (QED) is 0.912. The fourth-order valence-electron chi connectivity index (χ4n) is 2.78. The van der Waals surface area contributed by atoms with E-state index in [0.717, 1.165) is 12.1 Å². The number of halogens is 1. The van der Waals surface area contributed by atoms with Crippen LogP contribution in [0.5, 0.6) is 0 Å². The maximum absolute atomic E-state index is 12.8. The summed E-state index contributed by atoms with van der Waals surface area (Å²) in [5.41, 5.74) is 6.70. The maximum atomic E-state index is 12.8. The summed E-state index contributed by atoms with van der Waals surface area (Å²) in [6.07, 6.45) is 1.59. The Kier molecular flexibility index (Phi) is 7.03. The number of rotatable bonds is 4. The van der Waals surface area contributed by atoms with Crippen molar-refractivity contribution in [3.8, 4) is 0 Å². The van der Waals surface area contributed by atoms with E-state index in [1.165, 1.54) is 0 Å². The highest BCUT2D eigenvalue weighted by atomic mass is 35.5. The summed E-state index contributed by atoms with van der Waals surface area (Å²) in [6, 6.07) is 8.98. The minimum atomic E-state index is -0.400. The molecule has 5 nitrogen and oxygen atoms in total. The number of carbonyl (C=O) groups excluding carboxylic acids is 2. The minimum absolute atomic E-state index is 0. The van der Waals surface area contributed by atoms with E-state index >= 15 is 0 Å². The second-order valence-electron chi connectivity index (χ2n) is 6.08. The number of hydrogen-bond donors (Lipinski definition) is 1. The molecular formula is C17H26ClN3O2. The zero-order chi connectivity index (χ0) is 16.3. The molecule has 0 spiro atoms. The molecule has 1 aliphatic rings. The molecule has 23 heavy (non-hydrogen) atoms. The maximum Gasteiger partial charge on any atom is 0.249 e. The number of carbonyl (C=O) groups is 2. The molecule has 6 heteroatoms. The molecule has 0 aliphatic carbocycles. The Morgan fingerprint density at radius 1 is 1.30 bits per heavy atom. The number of nitrogens with zero attached hydrogens (tertiary/aromatic N) is 2. The van der Waals surface area contributed by atoms with E-state index in [0.29, 0.717) is 13.0 Å². The van der Waals surface area contributed by atoms with Gasteiger partial charge in [0, 0.05) is 25.3 Å². The zero-order valence-corrected chi connectivity index (χ0v) is 14.8. The van der Waals surface area contributed by atoms with Gasteiger partial charge in [-0.1, -0.05) is 25.1 Å². The first-order valence-corrected chi connectivity index (χ1v) is 7.82. The van der Waals surface area contributed by atoms with Crippen molar-refractivity contribution in [1.29, 1.82) is 0 Å². The average Bonchev–Trinajstić information content (AvgIpc) is 2.53. The Morgan fingerprint density at radius 3 is 2.48 bits per heavy atom. The topological polar surface area (TPSA) is 66.6 Å². The van der Waals surface area contributed by atoms with Gasteiger partial charge < -0.3 is 15.5 Å². The molecule has 128 valence electrons. The molecule has 1 heterocycles. The van der Waals surface area contributed by atoms with E-state index in [9.17, 15) is 9.59 Å². The van der Waals surface area contributed by atoms with Crippen LogP contribution in [0.2, 0.25) is 0 Å². The van der Waals surface area contributed by atoms with Crippen LogP contribution in [-0.2, 0) is 9.59 Å². The lowest BCUT2D eigenvalue weighted by atomic mass is 9.98. The summed E-state index contributed by atoms with van der Waals surface area (Å²) in [5.74, 6) is -0.363. The van der Waals surface area contributed by atoms with Crippen molar-refractivity contribution in [3.05, 3.63) is 30.3 Å². The molecule has 0 radical (unpaired) electrons. The highest BCUT2D eigenvalue weighted by Gasteiger charge is 2.36. The van der Waals surface area contributed by atoms with Crippen LogP contribution in [0.1, 0.15) is 26.7 Å². The Balaban J connectivity index is 0.00000264.